The smallest absolute Gasteiger partial charge is 0.331 e. The molecule has 0 aromatic heterocycles. The molecule has 36 heteroatoms. The number of likely N-dealkylation sites (N-methyl/N-ethyl adjacent to an activating group) is 1. The lowest BCUT2D eigenvalue weighted by Gasteiger charge is -2.35. The summed E-state index contributed by atoms with van der Waals surface area (Å²) >= 11 is 0. The Labute approximate surface area is 660 Å². The van der Waals surface area contributed by atoms with Gasteiger partial charge in [0.15, 0.2) is 6.04 Å². The number of carboxylic acids is 1. The highest BCUT2D eigenvalue weighted by molar-refractivity contribution is 8.76. The van der Waals surface area contributed by atoms with Crippen LogP contribution in [0.4, 0.5) is 0 Å². The van der Waals surface area contributed by atoms with Gasteiger partial charge in [0.05, 0.1) is 24.8 Å². The molecule has 0 spiro atoms. The number of aliphatic hydroxyl groups is 1. The van der Waals surface area contributed by atoms with Crippen molar-refractivity contribution in [1.82, 2.24) is 73.6 Å². The van der Waals surface area contributed by atoms with E-state index in [4.69, 9.17) is 9.47 Å². The number of aliphatic carboxylic acids is 1. The van der Waals surface area contributed by atoms with Gasteiger partial charge in [0, 0.05) is 51.5 Å². The van der Waals surface area contributed by atoms with Gasteiger partial charge in [-0.05, 0) is 81.8 Å². The first-order chi connectivity index (χ1) is 53.1. The summed E-state index contributed by atoms with van der Waals surface area (Å²) < 4.78 is 11.5. The third-order valence-corrected chi connectivity index (χ3v) is 22.5. The van der Waals surface area contributed by atoms with E-state index in [9.17, 15) is 63.0 Å². The quantitative estimate of drug-likeness (QED) is 0.0465. The molecule has 18 atom stereocenters. The van der Waals surface area contributed by atoms with Crippen molar-refractivity contribution in [2.45, 2.75) is 237 Å². The summed E-state index contributed by atoms with van der Waals surface area (Å²) in [5.41, 5.74) is 0.409. The molecule has 2 aromatic carbocycles. The third kappa shape index (κ3) is 27.9. The van der Waals surface area contributed by atoms with E-state index in [0.29, 0.717) is 24.0 Å². The van der Waals surface area contributed by atoms with Gasteiger partial charge in [0.1, 0.15) is 78.6 Å². The summed E-state index contributed by atoms with van der Waals surface area (Å²) in [7, 11) is 4.23. The normalized spacial score (nSPS) is 27.5. The molecule has 2 unspecified atom stereocenters. The standard InChI is InChI=1S/C76H112N14O20S2/c1-14-40(5)33-50-66(98)80-49(17-4)74(106)89(12)62(46(11)109-13)73(105)85-54(37-91)76(108)110-45(10)61-72(104)84-53(36-48-27-22-19-23-28-48)75(107)90-32-24-29-57(90)70(102)86-56(69(101)87-60(42(7)16-3)71(103)78-44(9)64(96)81-50)39-112-111-38-55(79-58(92)30-31-59(93)94)68(100)83-52(35-47-25-20-18-21-26-47)65(97)77-43(8)63(95)82-51(67(99)88-61)34-41(6)15-2/h18-23,25-28,40-43,45-46,49-57,60-62,91H,9,14-17,24,29-39H2,1-8,10-13H3,(H,77,97)(H,78,103)(H,79,92)(H,80,98)(H,81,96)(H,82,95)(H,83,100)(H,84,104)(H,85,105)(H,86,102)(H,87,101)(H,88,99)(H,93,94)/t40-,41+,42+,43-,45-,46-,49?,50+,51?,52-,53-,54+,55+,56+,57+,60+,61-,62+/m1/s1. The van der Waals surface area contributed by atoms with Gasteiger partial charge in [0.2, 0.25) is 76.8 Å². The van der Waals surface area contributed by atoms with Gasteiger partial charge in [-0.15, -0.1) is 0 Å². The third-order valence-electron chi connectivity index (χ3n) is 20.1. The van der Waals surface area contributed by atoms with Crippen LogP contribution in [0.1, 0.15) is 145 Å². The lowest BCUT2D eigenvalue weighted by molar-refractivity contribution is -0.158. The van der Waals surface area contributed by atoms with Crippen LogP contribution >= 0.6 is 21.6 Å². The Morgan fingerprint density at radius 3 is 1.71 bits per heavy atom. The number of aliphatic hydroxyl groups excluding tert-OH is 1. The van der Waals surface area contributed by atoms with Crippen molar-refractivity contribution in [2.75, 3.05) is 38.8 Å². The molecule has 2 bridgehead atoms. The average Bonchev–Trinajstić information content (AvgIpc) is 1.43. The number of benzene rings is 2. The number of carbonyl (C=O) groups is 16. The fraction of sp³-hybridized carbons (Fsp3) is 0.605. The zero-order valence-corrected chi connectivity index (χ0v) is 67.3. The maximum Gasteiger partial charge on any atom is 0.331 e. The maximum absolute atomic E-state index is 15.5. The summed E-state index contributed by atoms with van der Waals surface area (Å²) in [5, 5.41) is 51.7. The number of fused-ring (bicyclic) bond motifs is 6. The summed E-state index contributed by atoms with van der Waals surface area (Å²) in [5.74, 6) is -18.4. The van der Waals surface area contributed by atoms with E-state index < -0.39 is 222 Å². The fourth-order valence-electron chi connectivity index (χ4n) is 12.5. The number of ether oxygens (including phenoxy) is 2. The number of amides is 14. The Morgan fingerprint density at radius 1 is 0.598 bits per heavy atom. The highest BCUT2D eigenvalue weighted by atomic mass is 33.1. The number of methoxy groups -OCH3 is 1. The van der Waals surface area contributed by atoms with Gasteiger partial charge in [-0.1, -0.05) is 157 Å². The topological polar surface area (TPSA) is 483 Å². The van der Waals surface area contributed by atoms with Crippen molar-refractivity contribution in [3.8, 4) is 0 Å². The number of hydrogen-bond acceptors (Lipinski definition) is 21. The molecule has 3 aliphatic heterocycles. The van der Waals surface area contributed by atoms with Gasteiger partial charge in [-0.3, -0.25) is 71.9 Å². The number of nitrogens with zero attached hydrogens (tertiary/aromatic N) is 2. The van der Waals surface area contributed by atoms with Crippen molar-refractivity contribution in [1.29, 1.82) is 0 Å². The van der Waals surface area contributed by atoms with Crippen LogP contribution in [0.3, 0.4) is 0 Å². The van der Waals surface area contributed by atoms with Crippen molar-refractivity contribution in [3.63, 3.8) is 0 Å². The molecular weight excluding hydrogens is 1490 g/mol. The highest BCUT2D eigenvalue weighted by Crippen LogP contribution is 2.27. The van der Waals surface area contributed by atoms with E-state index in [1.165, 1.54) is 39.8 Å². The summed E-state index contributed by atoms with van der Waals surface area (Å²) in [6.07, 6.45) is -3.60. The van der Waals surface area contributed by atoms with Crippen LogP contribution in [0.25, 0.3) is 0 Å². The second-order valence-corrected chi connectivity index (χ2v) is 31.2. The second-order valence-electron chi connectivity index (χ2n) is 28.7. The fourth-order valence-corrected chi connectivity index (χ4v) is 14.8. The molecule has 3 aliphatic rings. The minimum absolute atomic E-state index is 0.00784. The minimum Gasteiger partial charge on any atom is -0.481 e. The number of esters is 1. The van der Waals surface area contributed by atoms with Crippen LogP contribution in [0.15, 0.2) is 72.9 Å². The molecule has 34 nitrogen and oxygen atoms in total. The zero-order valence-electron chi connectivity index (χ0n) is 65.6. The van der Waals surface area contributed by atoms with Gasteiger partial charge in [-0.2, -0.15) is 0 Å². The molecule has 618 valence electrons. The molecule has 0 saturated carbocycles. The van der Waals surface area contributed by atoms with Crippen molar-refractivity contribution >= 4 is 116 Å². The number of hydrogen-bond donors (Lipinski definition) is 14. The van der Waals surface area contributed by atoms with Crippen molar-refractivity contribution in [2.24, 2.45) is 17.8 Å². The molecule has 14 amide bonds. The second kappa shape index (κ2) is 45.7. The van der Waals surface area contributed by atoms with Crippen LogP contribution in [0.5, 0.6) is 0 Å². The van der Waals surface area contributed by atoms with Crippen LogP contribution < -0.4 is 63.8 Å². The number of carboxylic acid groups (broad SMARTS) is 1. The summed E-state index contributed by atoms with van der Waals surface area (Å²) in [6, 6.07) is -4.09. The summed E-state index contributed by atoms with van der Waals surface area (Å²) in [4.78, 5) is 235. The van der Waals surface area contributed by atoms with Crippen LogP contribution in [0.2, 0.25) is 0 Å². The Bertz CT molecular complexity index is 3660. The lowest BCUT2D eigenvalue weighted by Crippen LogP contribution is -2.63. The molecule has 3 heterocycles. The molecule has 2 aromatic rings. The van der Waals surface area contributed by atoms with E-state index in [2.05, 4.69) is 70.4 Å². The highest BCUT2D eigenvalue weighted by Gasteiger charge is 2.45. The van der Waals surface area contributed by atoms with E-state index in [1.807, 2.05) is 6.92 Å². The molecular formula is C76H112N14O20S2. The molecule has 3 saturated heterocycles. The van der Waals surface area contributed by atoms with Gasteiger partial charge in [-0.25, -0.2) is 4.79 Å². The molecule has 3 fully saturated rings. The SMILES string of the molecule is C=C1NC(=O)[C@H]([C@@H](C)CC)NC(=O)[C@@H]2CSSC[C@H](NC(=O)CCC(=O)O)C(=O)N[C@H](Cc3ccccc3)C(=O)N[C@H](C)C(=O)NC(C[C@@H](C)CC)C(=O)N[C@@H](C(=O)N[C@H](Cc3ccccc3)C(=O)N3CCC[C@H]3C(=O)N2)[C@@H](C)OC(=O)[C@H](CO)NC(=O)[C@H]([C@@H](C)OC)N(C)C(=O)C(CC)NC(=O)[C@H](C[C@H](C)CC)NC1=O. The van der Waals surface area contributed by atoms with Crippen LogP contribution in [-0.4, -0.2) is 244 Å². The average molecular weight is 1610 g/mol. The van der Waals surface area contributed by atoms with E-state index >= 15 is 24.0 Å². The van der Waals surface area contributed by atoms with E-state index in [-0.39, 0.29) is 75.5 Å². The molecule has 5 rings (SSSR count). The molecule has 112 heavy (non-hydrogen) atoms. The first-order valence-corrected chi connectivity index (χ1v) is 40.4. The Hall–Kier alpha value is -9.68. The van der Waals surface area contributed by atoms with Gasteiger partial charge >= 0.3 is 11.9 Å². The summed E-state index contributed by atoms with van der Waals surface area (Å²) in [6.45, 7) is 18.5. The molecule has 14 N–H and O–H groups in total. The predicted molar refractivity (Wildman–Crippen MR) is 415 cm³/mol. The van der Waals surface area contributed by atoms with Gasteiger partial charge < -0.3 is 93.3 Å². The number of cyclic esters (lactones) is 1. The van der Waals surface area contributed by atoms with Crippen molar-refractivity contribution in [3.05, 3.63) is 84.1 Å². The lowest BCUT2D eigenvalue weighted by atomic mass is 9.97. The van der Waals surface area contributed by atoms with Crippen molar-refractivity contribution < 1.29 is 96.4 Å². The van der Waals surface area contributed by atoms with E-state index in [1.54, 1.807) is 102 Å². The van der Waals surface area contributed by atoms with Crippen LogP contribution in [-0.2, 0) is 99.0 Å². The largest absolute Gasteiger partial charge is 0.481 e. The first kappa shape index (κ1) is 92.9. The van der Waals surface area contributed by atoms with Gasteiger partial charge in [0.25, 0.3) is 5.91 Å². The molecule has 0 radical (unpaired) electrons. The van der Waals surface area contributed by atoms with Crippen LogP contribution in [0, 0.1) is 17.8 Å². The van der Waals surface area contributed by atoms with E-state index in [0.717, 1.165) is 26.5 Å². The number of carbonyl (C=O) groups excluding carboxylic acids is 15. The number of nitrogens with one attached hydrogen (secondary N) is 12. The monoisotopic (exact) mass is 1600 g/mol. The predicted octanol–water partition coefficient (Wildman–Crippen LogP) is -0.167. The first-order valence-electron chi connectivity index (χ1n) is 37.9. The number of rotatable bonds is 20. The molecule has 0 aliphatic carbocycles. The Balaban J connectivity index is 1.80. The Kier molecular flexibility index (Phi) is 37.9. The maximum atomic E-state index is 15.5. The minimum atomic E-state index is -2.04. The zero-order chi connectivity index (χ0) is 83.2. The Morgan fingerprint density at radius 2 is 1.14 bits per heavy atom.